The lowest BCUT2D eigenvalue weighted by Gasteiger charge is -2.10. The van der Waals surface area contributed by atoms with Gasteiger partial charge in [0.1, 0.15) is 0 Å². The van der Waals surface area contributed by atoms with Crippen molar-refractivity contribution in [3.05, 3.63) is 36.2 Å². The molecule has 0 spiro atoms. The summed E-state index contributed by atoms with van der Waals surface area (Å²) in [5, 5.41) is 17.5. The van der Waals surface area contributed by atoms with Gasteiger partial charge in [-0.1, -0.05) is 18.2 Å². The molecule has 94 valence electrons. The predicted molar refractivity (Wildman–Crippen MR) is 65.6 cm³/mol. The van der Waals surface area contributed by atoms with Gasteiger partial charge in [0.15, 0.2) is 0 Å². The number of hydrogen-bond donors (Lipinski definition) is 1. The molecule has 1 aromatic heterocycles. The second-order valence-corrected chi connectivity index (χ2v) is 4.54. The Bertz CT molecular complexity index is 512. The van der Waals surface area contributed by atoms with E-state index in [0.717, 1.165) is 18.5 Å². The number of aliphatic hydroxyl groups excluding tert-OH is 1. The average molecular weight is 245 g/mol. The first kappa shape index (κ1) is 11.4. The lowest BCUT2D eigenvalue weighted by atomic mass is 10.2. The van der Waals surface area contributed by atoms with Crippen molar-refractivity contribution >= 4 is 0 Å². The molecule has 0 aliphatic carbocycles. The number of hydrogen-bond acceptors (Lipinski definition) is 5. The molecule has 2 aromatic rings. The van der Waals surface area contributed by atoms with Crippen LogP contribution < -0.4 is 0 Å². The summed E-state index contributed by atoms with van der Waals surface area (Å²) in [6.07, 6.45) is 0.598. The Balaban J connectivity index is 1.70. The number of rotatable bonds is 3. The van der Waals surface area contributed by atoms with Gasteiger partial charge in [-0.2, -0.15) is 0 Å². The van der Waals surface area contributed by atoms with Gasteiger partial charge in [0.05, 0.1) is 12.6 Å². The second kappa shape index (κ2) is 4.88. The summed E-state index contributed by atoms with van der Waals surface area (Å²) in [5.41, 5.74) is 0.928. The van der Waals surface area contributed by atoms with Crippen LogP contribution >= 0.6 is 0 Å². The van der Waals surface area contributed by atoms with E-state index in [9.17, 15) is 5.11 Å². The lowest BCUT2D eigenvalue weighted by molar-refractivity contribution is 0.171. The van der Waals surface area contributed by atoms with Crippen molar-refractivity contribution in [3.63, 3.8) is 0 Å². The molecule has 0 bridgehead atoms. The molecule has 1 N–H and O–H groups in total. The Morgan fingerprint density at radius 3 is 2.83 bits per heavy atom. The van der Waals surface area contributed by atoms with Crippen molar-refractivity contribution in [3.8, 4) is 11.5 Å². The monoisotopic (exact) mass is 245 g/mol. The SMILES string of the molecule is OC1CCN(Cc2nnc(-c3ccccc3)o2)C1. The lowest BCUT2D eigenvalue weighted by Crippen LogP contribution is -2.21. The highest BCUT2D eigenvalue weighted by atomic mass is 16.4. The average Bonchev–Trinajstić information content (AvgIpc) is 3.01. The van der Waals surface area contributed by atoms with Crippen LogP contribution in [0.15, 0.2) is 34.7 Å². The molecule has 1 aromatic carbocycles. The minimum atomic E-state index is -0.221. The Labute approximate surface area is 105 Å². The number of β-amino-alcohol motifs (C(OH)–C–C–N with tert-alkyl or cyclic N) is 1. The van der Waals surface area contributed by atoms with Gasteiger partial charge >= 0.3 is 0 Å². The van der Waals surface area contributed by atoms with Crippen LogP contribution in [0.2, 0.25) is 0 Å². The molecule has 1 unspecified atom stereocenters. The van der Waals surface area contributed by atoms with E-state index >= 15 is 0 Å². The fourth-order valence-corrected chi connectivity index (χ4v) is 2.16. The summed E-state index contributed by atoms with van der Waals surface area (Å²) in [6, 6.07) is 9.71. The molecule has 0 radical (unpaired) electrons. The molecule has 5 nitrogen and oxygen atoms in total. The van der Waals surface area contributed by atoms with Gasteiger partial charge < -0.3 is 9.52 Å². The van der Waals surface area contributed by atoms with Gasteiger partial charge in [0, 0.05) is 18.7 Å². The van der Waals surface area contributed by atoms with Crippen LogP contribution in [0.3, 0.4) is 0 Å². The molecule has 1 fully saturated rings. The molecular weight excluding hydrogens is 230 g/mol. The van der Waals surface area contributed by atoms with Gasteiger partial charge in [-0.05, 0) is 18.6 Å². The van der Waals surface area contributed by atoms with E-state index in [-0.39, 0.29) is 6.10 Å². The maximum Gasteiger partial charge on any atom is 0.247 e. The number of likely N-dealkylation sites (tertiary alicyclic amines) is 1. The normalized spacial score (nSPS) is 20.4. The fourth-order valence-electron chi connectivity index (χ4n) is 2.16. The first-order chi connectivity index (χ1) is 8.81. The third-order valence-electron chi connectivity index (χ3n) is 3.09. The molecule has 2 heterocycles. The van der Waals surface area contributed by atoms with Crippen molar-refractivity contribution in [2.45, 2.75) is 19.1 Å². The summed E-state index contributed by atoms with van der Waals surface area (Å²) in [5.74, 6) is 1.15. The quantitative estimate of drug-likeness (QED) is 0.883. The van der Waals surface area contributed by atoms with Crippen molar-refractivity contribution in [1.29, 1.82) is 0 Å². The van der Waals surface area contributed by atoms with E-state index in [0.29, 0.717) is 24.9 Å². The van der Waals surface area contributed by atoms with Crippen LogP contribution in [0, 0.1) is 0 Å². The first-order valence-electron chi connectivity index (χ1n) is 6.09. The predicted octanol–water partition coefficient (Wildman–Crippen LogP) is 1.30. The first-order valence-corrected chi connectivity index (χ1v) is 6.09. The third kappa shape index (κ3) is 2.42. The highest BCUT2D eigenvalue weighted by Crippen LogP contribution is 2.18. The minimum Gasteiger partial charge on any atom is -0.419 e. The molecule has 1 atom stereocenters. The van der Waals surface area contributed by atoms with E-state index in [1.54, 1.807) is 0 Å². The van der Waals surface area contributed by atoms with E-state index in [2.05, 4.69) is 15.1 Å². The molecule has 1 saturated heterocycles. The highest BCUT2D eigenvalue weighted by Gasteiger charge is 2.22. The summed E-state index contributed by atoms with van der Waals surface area (Å²) < 4.78 is 5.62. The van der Waals surface area contributed by atoms with Crippen molar-refractivity contribution in [1.82, 2.24) is 15.1 Å². The number of aliphatic hydroxyl groups is 1. The third-order valence-corrected chi connectivity index (χ3v) is 3.09. The molecule has 1 aliphatic rings. The maximum absolute atomic E-state index is 9.45. The van der Waals surface area contributed by atoms with Crippen molar-refractivity contribution < 1.29 is 9.52 Å². The Morgan fingerprint density at radius 2 is 2.11 bits per heavy atom. The zero-order valence-corrected chi connectivity index (χ0v) is 9.99. The zero-order valence-electron chi connectivity index (χ0n) is 9.99. The summed E-state index contributed by atoms with van der Waals surface area (Å²) in [4.78, 5) is 2.12. The Morgan fingerprint density at radius 1 is 1.28 bits per heavy atom. The van der Waals surface area contributed by atoms with Crippen LogP contribution in [0.4, 0.5) is 0 Å². The molecule has 0 saturated carbocycles. The second-order valence-electron chi connectivity index (χ2n) is 4.54. The van der Waals surface area contributed by atoms with E-state index in [1.165, 1.54) is 0 Å². The van der Waals surface area contributed by atoms with Gasteiger partial charge in [0.25, 0.3) is 0 Å². The number of aromatic nitrogens is 2. The Kier molecular flexibility index (Phi) is 3.08. The topological polar surface area (TPSA) is 62.4 Å². The van der Waals surface area contributed by atoms with Gasteiger partial charge in [-0.15, -0.1) is 10.2 Å². The largest absolute Gasteiger partial charge is 0.419 e. The molecular formula is C13H15N3O2. The van der Waals surface area contributed by atoms with Gasteiger partial charge in [-0.3, -0.25) is 4.90 Å². The van der Waals surface area contributed by atoms with Crippen LogP contribution in [-0.2, 0) is 6.54 Å². The smallest absolute Gasteiger partial charge is 0.247 e. The summed E-state index contributed by atoms with van der Waals surface area (Å²) >= 11 is 0. The number of benzene rings is 1. The highest BCUT2D eigenvalue weighted by molar-refractivity contribution is 5.51. The van der Waals surface area contributed by atoms with E-state index in [4.69, 9.17) is 4.42 Å². The maximum atomic E-state index is 9.45. The van der Waals surface area contributed by atoms with Crippen LogP contribution in [0.1, 0.15) is 12.3 Å². The minimum absolute atomic E-state index is 0.221. The molecule has 3 rings (SSSR count). The van der Waals surface area contributed by atoms with Gasteiger partial charge in [0.2, 0.25) is 11.8 Å². The molecule has 1 aliphatic heterocycles. The molecule has 5 heteroatoms. The van der Waals surface area contributed by atoms with Gasteiger partial charge in [-0.25, -0.2) is 0 Å². The van der Waals surface area contributed by atoms with E-state index < -0.39 is 0 Å². The Hall–Kier alpha value is -1.72. The van der Waals surface area contributed by atoms with Crippen LogP contribution in [0.5, 0.6) is 0 Å². The molecule has 0 amide bonds. The number of nitrogens with zero attached hydrogens (tertiary/aromatic N) is 3. The summed E-state index contributed by atoms with van der Waals surface area (Å²) in [6.45, 7) is 2.17. The van der Waals surface area contributed by atoms with E-state index in [1.807, 2.05) is 30.3 Å². The van der Waals surface area contributed by atoms with Crippen molar-refractivity contribution in [2.75, 3.05) is 13.1 Å². The van der Waals surface area contributed by atoms with Crippen molar-refractivity contribution in [2.24, 2.45) is 0 Å². The van der Waals surface area contributed by atoms with Crippen LogP contribution in [0.25, 0.3) is 11.5 Å². The molecule has 18 heavy (non-hydrogen) atoms. The fraction of sp³-hybridized carbons (Fsp3) is 0.385. The van der Waals surface area contributed by atoms with Crippen LogP contribution in [-0.4, -0.2) is 39.4 Å². The summed E-state index contributed by atoms with van der Waals surface area (Å²) in [7, 11) is 0. The zero-order chi connectivity index (χ0) is 12.4. The standard InChI is InChI=1S/C13H15N3O2/c17-11-6-7-16(8-11)9-12-14-15-13(18-12)10-4-2-1-3-5-10/h1-5,11,17H,6-9H2.